The summed E-state index contributed by atoms with van der Waals surface area (Å²) in [6.45, 7) is 9.75. The van der Waals surface area contributed by atoms with Crippen LogP contribution in [0.25, 0.3) is 0 Å². The maximum Gasteiger partial charge on any atom is 0.164 e. The van der Waals surface area contributed by atoms with Crippen molar-refractivity contribution in [2.75, 3.05) is 20.3 Å². The molecule has 0 N–H and O–H groups in total. The molecule has 3 rings (SSSR count). The van der Waals surface area contributed by atoms with E-state index in [1.807, 2.05) is 44.2 Å². The first-order valence-electron chi connectivity index (χ1n) is 13.2. The van der Waals surface area contributed by atoms with E-state index in [4.69, 9.17) is 14.2 Å². The number of benzene rings is 3. The van der Waals surface area contributed by atoms with Gasteiger partial charge in [-0.1, -0.05) is 50.2 Å². The molecule has 0 heterocycles. The molecule has 4 heteroatoms. The zero-order valence-electron chi connectivity index (χ0n) is 22.4. The predicted molar refractivity (Wildman–Crippen MR) is 146 cm³/mol. The van der Waals surface area contributed by atoms with Gasteiger partial charge in [0.1, 0.15) is 11.6 Å². The number of halogens is 1. The molecule has 36 heavy (non-hydrogen) atoms. The van der Waals surface area contributed by atoms with Crippen LogP contribution in [0, 0.1) is 5.82 Å². The summed E-state index contributed by atoms with van der Waals surface area (Å²) in [5.74, 6) is 3.52. The molecule has 0 bridgehead atoms. The molecule has 0 radical (unpaired) electrons. The van der Waals surface area contributed by atoms with Crippen molar-refractivity contribution in [3.63, 3.8) is 0 Å². The Morgan fingerprint density at radius 1 is 0.694 bits per heavy atom. The zero-order valence-corrected chi connectivity index (χ0v) is 22.4. The van der Waals surface area contributed by atoms with E-state index >= 15 is 0 Å². The van der Waals surface area contributed by atoms with Crippen molar-refractivity contribution in [2.24, 2.45) is 0 Å². The fraction of sp³-hybridized carbons (Fsp3) is 0.438. The van der Waals surface area contributed by atoms with E-state index in [0.29, 0.717) is 31.0 Å². The standard InChI is InChI=1S/C32H41FO3/c1-6-35-31-10-8-9-30(32(31)36-7-2)24(4)12-14-26(27-17-21-29(34-5)22-18-27)13-11-23(3)25-15-19-28(33)20-16-25/h8-10,15-24,26H,6-7,11-14H2,1-5H3. The van der Waals surface area contributed by atoms with Crippen LogP contribution >= 0.6 is 0 Å². The lowest BCUT2D eigenvalue weighted by Gasteiger charge is -2.24. The minimum absolute atomic E-state index is 0.184. The van der Waals surface area contributed by atoms with Gasteiger partial charge in [0, 0.05) is 5.56 Å². The van der Waals surface area contributed by atoms with Gasteiger partial charge >= 0.3 is 0 Å². The molecular weight excluding hydrogens is 451 g/mol. The number of methoxy groups -OCH3 is 1. The summed E-state index contributed by atoms with van der Waals surface area (Å²) in [6, 6.07) is 21.6. The Morgan fingerprint density at radius 2 is 1.31 bits per heavy atom. The fourth-order valence-corrected chi connectivity index (χ4v) is 4.86. The lowest BCUT2D eigenvalue weighted by molar-refractivity contribution is 0.283. The second kappa shape index (κ2) is 13.9. The largest absolute Gasteiger partial charge is 0.497 e. The lowest BCUT2D eigenvalue weighted by Crippen LogP contribution is -2.07. The molecule has 0 aliphatic heterocycles. The zero-order chi connectivity index (χ0) is 25.9. The Bertz CT molecular complexity index is 1050. The molecule has 0 fully saturated rings. The number of rotatable bonds is 14. The molecule has 3 aromatic rings. The fourth-order valence-electron chi connectivity index (χ4n) is 4.86. The van der Waals surface area contributed by atoms with E-state index in [-0.39, 0.29) is 5.82 Å². The van der Waals surface area contributed by atoms with Gasteiger partial charge in [0.25, 0.3) is 0 Å². The molecule has 194 valence electrons. The Kier molecular flexibility index (Phi) is 10.7. The first kappa shape index (κ1) is 27.6. The third-order valence-corrected chi connectivity index (χ3v) is 7.05. The number of para-hydroxylation sites is 1. The maximum atomic E-state index is 13.4. The molecule has 0 saturated carbocycles. The van der Waals surface area contributed by atoms with Crippen LogP contribution in [0.15, 0.2) is 66.7 Å². The van der Waals surface area contributed by atoms with Gasteiger partial charge in [0.05, 0.1) is 20.3 Å². The first-order valence-corrected chi connectivity index (χ1v) is 13.2. The van der Waals surface area contributed by atoms with Crippen LogP contribution < -0.4 is 14.2 Å². The van der Waals surface area contributed by atoms with Gasteiger partial charge in [-0.3, -0.25) is 0 Å². The van der Waals surface area contributed by atoms with Gasteiger partial charge in [-0.15, -0.1) is 0 Å². The lowest BCUT2D eigenvalue weighted by atomic mass is 9.83. The van der Waals surface area contributed by atoms with E-state index in [9.17, 15) is 4.39 Å². The van der Waals surface area contributed by atoms with E-state index < -0.39 is 0 Å². The van der Waals surface area contributed by atoms with Crippen LogP contribution in [0.3, 0.4) is 0 Å². The minimum Gasteiger partial charge on any atom is -0.497 e. The van der Waals surface area contributed by atoms with Gasteiger partial charge in [-0.2, -0.15) is 0 Å². The summed E-state index contributed by atoms with van der Waals surface area (Å²) in [5, 5.41) is 0. The van der Waals surface area contributed by atoms with E-state index in [1.54, 1.807) is 19.2 Å². The first-order chi connectivity index (χ1) is 17.5. The number of ether oxygens (including phenoxy) is 3. The Morgan fingerprint density at radius 3 is 1.92 bits per heavy atom. The van der Waals surface area contributed by atoms with Crippen molar-refractivity contribution in [3.8, 4) is 17.2 Å². The molecule has 0 aliphatic carbocycles. The summed E-state index contributed by atoms with van der Waals surface area (Å²) in [4.78, 5) is 0. The third-order valence-electron chi connectivity index (χ3n) is 7.05. The summed E-state index contributed by atoms with van der Waals surface area (Å²) < 4.78 is 30.6. The average Bonchev–Trinajstić information content (AvgIpc) is 2.90. The highest BCUT2D eigenvalue weighted by Crippen LogP contribution is 2.40. The van der Waals surface area contributed by atoms with E-state index in [0.717, 1.165) is 42.9 Å². The van der Waals surface area contributed by atoms with Crippen LogP contribution in [0.5, 0.6) is 17.2 Å². The molecule has 0 saturated heterocycles. The molecule has 0 spiro atoms. The maximum absolute atomic E-state index is 13.4. The summed E-state index contributed by atoms with van der Waals surface area (Å²) in [7, 11) is 1.70. The van der Waals surface area contributed by atoms with Crippen molar-refractivity contribution >= 4 is 0 Å². The van der Waals surface area contributed by atoms with E-state index in [2.05, 4.69) is 38.1 Å². The number of hydrogen-bond acceptors (Lipinski definition) is 3. The van der Waals surface area contributed by atoms with Crippen LogP contribution in [0.4, 0.5) is 4.39 Å². The molecule has 0 amide bonds. The van der Waals surface area contributed by atoms with Crippen LogP contribution in [0.1, 0.15) is 87.8 Å². The molecule has 3 unspecified atom stereocenters. The highest BCUT2D eigenvalue weighted by atomic mass is 19.1. The van der Waals surface area contributed by atoms with Crippen molar-refractivity contribution in [1.29, 1.82) is 0 Å². The smallest absolute Gasteiger partial charge is 0.164 e. The highest BCUT2D eigenvalue weighted by Gasteiger charge is 2.20. The van der Waals surface area contributed by atoms with Crippen molar-refractivity contribution in [3.05, 3.63) is 89.2 Å². The average molecular weight is 493 g/mol. The van der Waals surface area contributed by atoms with Crippen molar-refractivity contribution in [2.45, 2.75) is 71.1 Å². The van der Waals surface area contributed by atoms with Gasteiger partial charge < -0.3 is 14.2 Å². The second-order valence-corrected chi connectivity index (χ2v) is 9.52. The summed E-state index contributed by atoms with van der Waals surface area (Å²) in [6.07, 6.45) is 4.21. The quantitative estimate of drug-likeness (QED) is 0.225. The normalized spacial score (nSPS) is 13.6. The van der Waals surface area contributed by atoms with Gasteiger partial charge in [-0.05, 0) is 98.7 Å². The molecule has 3 atom stereocenters. The number of hydrogen-bond donors (Lipinski definition) is 0. The second-order valence-electron chi connectivity index (χ2n) is 9.52. The van der Waals surface area contributed by atoms with Crippen molar-refractivity contribution in [1.82, 2.24) is 0 Å². The summed E-state index contributed by atoms with van der Waals surface area (Å²) >= 11 is 0. The Balaban J connectivity index is 1.75. The van der Waals surface area contributed by atoms with Crippen LogP contribution in [-0.2, 0) is 0 Å². The van der Waals surface area contributed by atoms with Gasteiger partial charge in [0.15, 0.2) is 11.5 Å². The molecule has 0 aliphatic rings. The highest BCUT2D eigenvalue weighted by molar-refractivity contribution is 5.48. The third kappa shape index (κ3) is 7.49. The van der Waals surface area contributed by atoms with Crippen LogP contribution in [-0.4, -0.2) is 20.3 Å². The van der Waals surface area contributed by atoms with Gasteiger partial charge in [-0.25, -0.2) is 4.39 Å². The molecule has 3 nitrogen and oxygen atoms in total. The van der Waals surface area contributed by atoms with Crippen LogP contribution in [0.2, 0.25) is 0 Å². The minimum atomic E-state index is -0.184. The molecule has 3 aromatic carbocycles. The SMILES string of the molecule is CCOc1cccc(C(C)CCC(CCC(C)c2ccc(F)cc2)c2ccc(OC)cc2)c1OCC. The Hall–Kier alpha value is -3.01. The molecular formula is C32H41FO3. The predicted octanol–water partition coefficient (Wildman–Crippen LogP) is 8.88. The Labute approximate surface area is 216 Å². The molecule has 0 aromatic heterocycles. The van der Waals surface area contributed by atoms with Gasteiger partial charge in [0.2, 0.25) is 0 Å². The topological polar surface area (TPSA) is 27.7 Å². The summed E-state index contributed by atoms with van der Waals surface area (Å²) in [5.41, 5.74) is 3.73. The van der Waals surface area contributed by atoms with Crippen molar-refractivity contribution < 1.29 is 18.6 Å². The van der Waals surface area contributed by atoms with E-state index in [1.165, 1.54) is 16.7 Å². The monoisotopic (exact) mass is 492 g/mol.